The van der Waals surface area contributed by atoms with Crippen molar-refractivity contribution in [2.75, 3.05) is 20.6 Å². The predicted octanol–water partition coefficient (Wildman–Crippen LogP) is -0.0380. The zero-order valence-corrected chi connectivity index (χ0v) is 13.1. The number of aliphatic hydroxyl groups excluding tert-OH is 2. The van der Waals surface area contributed by atoms with Crippen LogP contribution in [0.2, 0.25) is 0 Å². The second-order valence-corrected chi connectivity index (χ2v) is 7.93. The van der Waals surface area contributed by atoms with Crippen molar-refractivity contribution in [1.29, 1.82) is 0 Å². The number of fused-ring (bicyclic) bond motifs is 3. The highest BCUT2D eigenvalue weighted by atomic mass is 16.4. The van der Waals surface area contributed by atoms with E-state index in [9.17, 15) is 20.4 Å². The van der Waals surface area contributed by atoms with Gasteiger partial charge in [0.2, 0.25) is 0 Å². The molecule has 0 bridgehead atoms. The third-order valence-corrected chi connectivity index (χ3v) is 6.32. The van der Waals surface area contributed by atoms with E-state index >= 15 is 0 Å². The number of rotatable bonds is 2. The Morgan fingerprint density at radius 2 is 1.67 bits per heavy atom. The van der Waals surface area contributed by atoms with Crippen LogP contribution in [0.3, 0.4) is 0 Å². The van der Waals surface area contributed by atoms with Crippen molar-refractivity contribution in [1.82, 2.24) is 4.90 Å². The van der Waals surface area contributed by atoms with Gasteiger partial charge in [0, 0.05) is 19.4 Å². The van der Waals surface area contributed by atoms with E-state index in [-0.39, 0.29) is 24.7 Å². The summed E-state index contributed by atoms with van der Waals surface area (Å²) < 4.78 is 0. The lowest BCUT2D eigenvalue weighted by atomic mass is 9.65. The fraction of sp³-hybridized carbons (Fsp3) is 1.00. The van der Waals surface area contributed by atoms with Crippen LogP contribution in [0.15, 0.2) is 0 Å². The van der Waals surface area contributed by atoms with Crippen molar-refractivity contribution in [2.24, 2.45) is 17.8 Å². The molecular weight excluding hydrogens is 270 g/mol. The summed E-state index contributed by atoms with van der Waals surface area (Å²) >= 11 is 0. The zero-order valence-electron chi connectivity index (χ0n) is 13.1. The van der Waals surface area contributed by atoms with Crippen LogP contribution in [0.25, 0.3) is 0 Å². The van der Waals surface area contributed by atoms with E-state index in [0.29, 0.717) is 12.3 Å². The summed E-state index contributed by atoms with van der Waals surface area (Å²) in [5, 5.41) is 42.1. The second kappa shape index (κ2) is 5.17. The third kappa shape index (κ3) is 2.34. The van der Waals surface area contributed by atoms with Crippen LogP contribution in [0.1, 0.15) is 38.5 Å². The van der Waals surface area contributed by atoms with Gasteiger partial charge in [0.1, 0.15) is 0 Å². The fourth-order valence-corrected chi connectivity index (χ4v) is 5.40. The summed E-state index contributed by atoms with van der Waals surface area (Å²) in [6, 6.07) is 0. The molecule has 0 spiro atoms. The Labute approximate surface area is 126 Å². The van der Waals surface area contributed by atoms with Crippen molar-refractivity contribution < 1.29 is 20.4 Å². The molecule has 4 N–H and O–H groups in total. The maximum Gasteiger partial charge on any atom is 0.0990 e. The Morgan fingerprint density at radius 3 is 2.33 bits per heavy atom. The molecule has 122 valence electrons. The maximum absolute atomic E-state index is 11.2. The van der Waals surface area contributed by atoms with Gasteiger partial charge >= 0.3 is 0 Å². The number of nitrogens with zero attached hydrogens (tertiary/aromatic N) is 1. The Morgan fingerprint density at radius 1 is 1.00 bits per heavy atom. The van der Waals surface area contributed by atoms with E-state index in [4.69, 9.17) is 0 Å². The highest BCUT2D eigenvalue weighted by Crippen LogP contribution is 2.60. The van der Waals surface area contributed by atoms with Gasteiger partial charge in [-0.05, 0) is 51.1 Å². The lowest BCUT2D eigenvalue weighted by molar-refractivity contribution is -0.221. The van der Waals surface area contributed by atoms with Crippen molar-refractivity contribution >= 4 is 0 Å². The molecule has 5 nitrogen and oxygen atoms in total. The minimum Gasteiger partial charge on any atom is -0.390 e. The van der Waals surface area contributed by atoms with Gasteiger partial charge in [-0.25, -0.2) is 0 Å². The molecule has 7 unspecified atom stereocenters. The lowest BCUT2D eigenvalue weighted by Gasteiger charge is -2.49. The lowest BCUT2D eigenvalue weighted by Crippen LogP contribution is -2.62. The summed E-state index contributed by atoms with van der Waals surface area (Å²) in [6.45, 7) is 0.971. The molecule has 0 aliphatic heterocycles. The summed E-state index contributed by atoms with van der Waals surface area (Å²) in [5.74, 6) is 0.809. The van der Waals surface area contributed by atoms with Crippen molar-refractivity contribution in [3.05, 3.63) is 0 Å². The first kappa shape index (κ1) is 15.7. The molecule has 3 aliphatic carbocycles. The second-order valence-electron chi connectivity index (χ2n) is 7.93. The molecule has 0 heterocycles. The minimum absolute atomic E-state index is 0.0448. The van der Waals surface area contributed by atoms with Crippen LogP contribution in [-0.4, -0.2) is 69.4 Å². The molecular formula is C16H29NO4. The highest BCUT2D eigenvalue weighted by Gasteiger charge is 2.67. The van der Waals surface area contributed by atoms with Crippen LogP contribution in [-0.2, 0) is 0 Å². The van der Waals surface area contributed by atoms with Crippen LogP contribution < -0.4 is 0 Å². The van der Waals surface area contributed by atoms with Gasteiger partial charge in [0.15, 0.2) is 0 Å². The average Bonchev–Trinajstić information content (AvgIpc) is 2.59. The Kier molecular flexibility index (Phi) is 3.86. The minimum atomic E-state index is -1.24. The van der Waals surface area contributed by atoms with Gasteiger partial charge in [0.25, 0.3) is 0 Å². The van der Waals surface area contributed by atoms with E-state index in [1.54, 1.807) is 0 Å². The van der Waals surface area contributed by atoms with Gasteiger partial charge < -0.3 is 25.3 Å². The largest absolute Gasteiger partial charge is 0.390 e. The van der Waals surface area contributed by atoms with Crippen molar-refractivity contribution in [3.8, 4) is 0 Å². The van der Waals surface area contributed by atoms with Crippen LogP contribution >= 0.6 is 0 Å². The molecule has 3 saturated carbocycles. The Bertz CT molecular complexity index is 404. The molecule has 0 aromatic carbocycles. The van der Waals surface area contributed by atoms with Crippen molar-refractivity contribution in [2.45, 2.75) is 61.9 Å². The van der Waals surface area contributed by atoms with Crippen LogP contribution in [0.4, 0.5) is 0 Å². The number of aliphatic hydroxyl groups is 4. The number of hydrogen-bond acceptors (Lipinski definition) is 5. The molecule has 3 rings (SSSR count). The number of hydrogen-bond donors (Lipinski definition) is 4. The molecule has 3 aliphatic rings. The predicted molar refractivity (Wildman–Crippen MR) is 78.6 cm³/mol. The molecule has 0 saturated heterocycles. The first-order valence-electron chi connectivity index (χ1n) is 8.22. The summed E-state index contributed by atoms with van der Waals surface area (Å²) in [4.78, 5) is 2.17. The Balaban J connectivity index is 1.88. The van der Waals surface area contributed by atoms with E-state index in [2.05, 4.69) is 19.0 Å². The van der Waals surface area contributed by atoms with E-state index in [1.807, 2.05) is 0 Å². The van der Waals surface area contributed by atoms with E-state index < -0.39 is 23.4 Å². The van der Waals surface area contributed by atoms with Gasteiger partial charge in [-0.15, -0.1) is 0 Å². The van der Waals surface area contributed by atoms with Gasteiger partial charge in [-0.3, -0.25) is 0 Å². The molecule has 0 radical (unpaired) electrons. The average molecular weight is 299 g/mol. The molecule has 0 aromatic heterocycles. The first-order valence-corrected chi connectivity index (χ1v) is 8.22. The summed E-state index contributed by atoms with van der Waals surface area (Å²) in [7, 11) is 4.12. The van der Waals surface area contributed by atoms with Gasteiger partial charge in [0.05, 0.1) is 23.4 Å². The monoisotopic (exact) mass is 299 g/mol. The standard InChI is InChI=1S/C16H29NO4/c1-17(2)9-10-4-3-5-12-11(10)6-15(20)7-13(18)14(19)8-16(12,15)21/h10-14,18-21H,3-9H2,1-2H3. The molecule has 7 atom stereocenters. The maximum atomic E-state index is 11.2. The normalized spacial score (nSPS) is 53.6. The van der Waals surface area contributed by atoms with Gasteiger partial charge in [-0.1, -0.05) is 6.42 Å². The first-order chi connectivity index (χ1) is 9.77. The summed E-state index contributed by atoms with van der Waals surface area (Å²) in [6.07, 6.45) is 2.00. The summed E-state index contributed by atoms with van der Waals surface area (Å²) in [5.41, 5.74) is -2.48. The fourth-order valence-electron chi connectivity index (χ4n) is 5.40. The molecule has 5 heteroatoms. The highest BCUT2D eigenvalue weighted by molar-refractivity contribution is 5.18. The molecule has 21 heavy (non-hydrogen) atoms. The Hall–Kier alpha value is -0.200. The SMILES string of the molecule is CN(C)CC1CCCC2C1CC1(O)CC(O)C(O)CC21O. The smallest absolute Gasteiger partial charge is 0.0990 e. The van der Waals surface area contributed by atoms with E-state index in [1.165, 1.54) is 0 Å². The molecule has 3 fully saturated rings. The zero-order chi connectivity index (χ0) is 15.4. The molecule has 0 aromatic rings. The van der Waals surface area contributed by atoms with E-state index in [0.717, 1.165) is 25.8 Å². The van der Waals surface area contributed by atoms with Crippen molar-refractivity contribution in [3.63, 3.8) is 0 Å². The van der Waals surface area contributed by atoms with Crippen LogP contribution in [0, 0.1) is 17.8 Å². The quantitative estimate of drug-likeness (QED) is 0.575. The van der Waals surface area contributed by atoms with Crippen LogP contribution in [0.5, 0.6) is 0 Å². The topological polar surface area (TPSA) is 84.2 Å². The van der Waals surface area contributed by atoms with Gasteiger partial charge in [-0.2, -0.15) is 0 Å². The third-order valence-electron chi connectivity index (χ3n) is 6.32. The molecule has 0 amide bonds.